The number of amidine groups is 1. The van der Waals surface area contributed by atoms with Gasteiger partial charge in [0, 0.05) is 37.5 Å². The normalized spacial score (nSPS) is 31.3. The maximum Gasteiger partial charge on any atom is 0.156 e. The van der Waals surface area contributed by atoms with Crippen LogP contribution in [0, 0.1) is 5.41 Å². The maximum atomic E-state index is 4.82. The molecule has 1 aliphatic carbocycles. The van der Waals surface area contributed by atoms with Crippen LogP contribution in [0.25, 0.3) is 0 Å². The summed E-state index contributed by atoms with van der Waals surface area (Å²) in [6, 6.07) is 1.56. The molecule has 2 heterocycles. The molecule has 0 amide bonds. The van der Waals surface area contributed by atoms with Gasteiger partial charge in [-0.15, -0.1) is 0 Å². The van der Waals surface area contributed by atoms with Crippen LogP contribution >= 0.6 is 11.8 Å². The molecule has 108 valence electrons. The molecule has 3 nitrogen and oxygen atoms in total. The highest BCUT2D eigenvalue weighted by molar-refractivity contribution is 8.13. The van der Waals surface area contributed by atoms with Crippen molar-refractivity contribution < 1.29 is 0 Å². The second-order valence-electron chi connectivity index (χ2n) is 6.47. The van der Waals surface area contributed by atoms with Crippen LogP contribution in [0.15, 0.2) is 4.99 Å². The first-order chi connectivity index (χ1) is 9.24. The molecular weight excluding hydrogens is 254 g/mol. The predicted octanol–water partition coefficient (Wildman–Crippen LogP) is 2.72. The van der Waals surface area contributed by atoms with Crippen LogP contribution in [-0.4, -0.2) is 47.5 Å². The third kappa shape index (κ3) is 3.10. The van der Waals surface area contributed by atoms with E-state index < -0.39 is 0 Å². The Bertz CT molecular complexity index is 347. The zero-order valence-electron chi connectivity index (χ0n) is 12.3. The second-order valence-corrected chi connectivity index (χ2v) is 7.44. The summed E-state index contributed by atoms with van der Waals surface area (Å²) >= 11 is 1.95. The lowest BCUT2D eigenvalue weighted by Crippen LogP contribution is -2.40. The van der Waals surface area contributed by atoms with Crippen LogP contribution in [0.2, 0.25) is 0 Å². The van der Waals surface area contributed by atoms with Gasteiger partial charge in [0.2, 0.25) is 0 Å². The van der Waals surface area contributed by atoms with Gasteiger partial charge < -0.3 is 5.32 Å². The van der Waals surface area contributed by atoms with Crippen molar-refractivity contribution in [3.05, 3.63) is 0 Å². The Balaban J connectivity index is 1.50. The van der Waals surface area contributed by atoms with E-state index in [9.17, 15) is 0 Å². The Labute approximate surface area is 121 Å². The van der Waals surface area contributed by atoms with E-state index >= 15 is 0 Å². The summed E-state index contributed by atoms with van der Waals surface area (Å²) in [6.07, 6.45) is 6.66. The number of aliphatic imine (C=N–C) groups is 1. The van der Waals surface area contributed by atoms with E-state index in [1.54, 1.807) is 0 Å². The monoisotopic (exact) mass is 281 g/mol. The Morgan fingerprint density at radius 2 is 2.11 bits per heavy atom. The van der Waals surface area contributed by atoms with Crippen LogP contribution < -0.4 is 5.32 Å². The molecule has 0 spiro atoms. The second kappa shape index (κ2) is 5.65. The topological polar surface area (TPSA) is 27.6 Å². The van der Waals surface area contributed by atoms with Crippen LogP contribution in [-0.2, 0) is 0 Å². The first-order valence-corrected chi connectivity index (χ1v) is 8.91. The summed E-state index contributed by atoms with van der Waals surface area (Å²) in [5.41, 5.74) is 0.464. The van der Waals surface area contributed by atoms with Gasteiger partial charge in [-0.3, -0.25) is 9.89 Å². The van der Waals surface area contributed by atoms with Crippen molar-refractivity contribution in [2.45, 2.75) is 58.0 Å². The molecule has 2 aliphatic heterocycles. The van der Waals surface area contributed by atoms with Gasteiger partial charge in [-0.1, -0.05) is 25.6 Å². The highest BCUT2D eigenvalue weighted by Gasteiger charge is 2.35. The molecule has 3 rings (SSSR count). The number of nitrogens with zero attached hydrogens (tertiary/aromatic N) is 2. The molecule has 0 aromatic rings. The van der Waals surface area contributed by atoms with E-state index in [0.29, 0.717) is 11.5 Å². The summed E-state index contributed by atoms with van der Waals surface area (Å²) in [5.74, 6) is 1.24. The molecule has 1 N–H and O–H groups in total. The molecule has 0 radical (unpaired) electrons. The third-order valence-corrected chi connectivity index (χ3v) is 6.46. The number of hydrogen-bond acceptors (Lipinski definition) is 4. The molecule has 2 fully saturated rings. The Kier molecular flexibility index (Phi) is 4.08. The summed E-state index contributed by atoms with van der Waals surface area (Å²) in [4.78, 5) is 7.48. The Hall–Kier alpha value is -0.220. The van der Waals surface area contributed by atoms with Crippen molar-refractivity contribution >= 4 is 16.9 Å². The highest BCUT2D eigenvalue weighted by Crippen LogP contribution is 2.35. The maximum absolute atomic E-state index is 4.82. The Morgan fingerprint density at radius 1 is 1.32 bits per heavy atom. The largest absolute Gasteiger partial charge is 0.361 e. The minimum Gasteiger partial charge on any atom is -0.361 e. The van der Waals surface area contributed by atoms with E-state index in [4.69, 9.17) is 4.99 Å². The van der Waals surface area contributed by atoms with E-state index in [1.165, 1.54) is 56.1 Å². The molecule has 3 aliphatic rings. The lowest BCUT2D eigenvalue weighted by atomic mass is 9.84. The smallest absolute Gasteiger partial charge is 0.156 e. The summed E-state index contributed by atoms with van der Waals surface area (Å²) in [7, 11) is 0. The molecular formula is C15H27N3S. The summed E-state index contributed by atoms with van der Waals surface area (Å²) in [5, 5.41) is 4.90. The fraction of sp³-hybridized carbons (Fsp3) is 0.933. The van der Waals surface area contributed by atoms with Crippen LogP contribution in [0.3, 0.4) is 0 Å². The fourth-order valence-electron chi connectivity index (χ4n) is 3.17. The first-order valence-electron chi connectivity index (χ1n) is 7.92. The van der Waals surface area contributed by atoms with E-state index in [2.05, 4.69) is 24.1 Å². The lowest BCUT2D eigenvalue weighted by molar-refractivity contribution is 0.316. The molecule has 1 atom stereocenters. The van der Waals surface area contributed by atoms with Crippen molar-refractivity contribution in [3.63, 3.8) is 0 Å². The van der Waals surface area contributed by atoms with Gasteiger partial charge in [-0.2, -0.15) is 0 Å². The SMILES string of the molecule is CCC1(CC)CN=C(NC2CCN(C3CC3)C2)SC1. The van der Waals surface area contributed by atoms with Gasteiger partial charge in [0.1, 0.15) is 0 Å². The molecule has 1 saturated heterocycles. The molecule has 1 unspecified atom stereocenters. The van der Waals surface area contributed by atoms with Crippen molar-refractivity contribution in [1.82, 2.24) is 10.2 Å². The number of hydrogen-bond donors (Lipinski definition) is 1. The first kappa shape index (κ1) is 13.7. The van der Waals surface area contributed by atoms with Crippen molar-refractivity contribution in [2.24, 2.45) is 10.4 Å². The third-order valence-electron chi connectivity index (χ3n) is 5.18. The zero-order chi connectivity index (χ0) is 13.3. The molecule has 0 bridgehead atoms. The minimum atomic E-state index is 0.464. The molecule has 19 heavy (non-hydrogen) atoms. The number of rotatable bonds is 4. The van der Waals surface area contributed by atoms with E-state index in [1.807, 2.05) is 11.8 Å². The van der Waals surface area contributed by atoms with Gasteiger partial charge in [0.05, 0.1) is 0 Å². The molecule has 0 aromatic carbocycles. The average Bonchev–Trinajstić information content (AvgIpc) is 3.21. The molecule has 1 saturated carbocycles. The van der Waals surface area contributed by atoms with Gasteiger partial charge in [-0.05, 0) is 37.5 Å². The number of likely N-dealkylation sites (tertiary alicyclic amines) is 1. The van der Waals surface area contributed by atoms with Crippen LogP contribution in [0.5, 0.6) is 0 Å². The van der Waals surface area contributed by atoms with Gasteiger partial charge in [-0.25, -0.2) is 0 Å². The zero-order valence-corrected chi connectivity index (χ0v) is 13.1. The van der Waals surface area contributed by atoms with Gasteiger partial charge in [0.15, 0.2) is 5.17 Å². The van der Waals surface area contributed by atoms with Crippen molar-refractivity contribution in [2.75, 3.05) is 25.4 Å². The predicted molar refractivity (Wildman–Crippen MR) is 83.9 cm³/mol. The summed E-state index contributed by atoms with van der Waals surface area (Å²) in [6.45, 7) is 8.16. The van der Waals surface area contributed by atoms with Gasteiger partial charge in [0.25, 0.3) is 0 Å². The lowest BCUT2D eigenvalue weighted by Gasteiger charge is -2.34. The van der Waals surface area contributed by atoms with Crippen LogP contribution in [0.1, 0.15) is 46.0 Å². The average molecular weight is 281 g/mol. The van der Waals surface area contributed by atoms with Crippen molar-refractivity contribution in [3.8, 4) is 0 Å². The van der Waals surface area contributed by atoms with Crippen molar-refractivity contribution in [1.29, 1.82) is 0 Å². The quantitative estimate of drug-likeness (QED) is 0.858. The molecule has 0 aromatic heterocycles. The highest BCUT2D eigenvalue weighted by atomic mass is 32.2. The fourth-order valence-corrected chi connectivity index (χ4v) is 4.52. The number of nitrogens with one attached hydrogen (secondary N) is 1. The number of thioether (sulfide) groups is 1. The summed E-state index contributed by atoms with van der Waals surface area (Å²) < 4.78 is 0. The van der Waals surface area contributed by atoms with E-state index in [0.717, 1.165) is 12.6 Å². The molecule has 4 heteroatoms. The standard InChI is InChI=1S/C15H27N3S/c1-3-15(4-2)10-16-14(19-11-15)17-12-7-8-18(9-12)13-5-6-13/h12-13H,3-11H2,1-2H3,(H,16,17). The Morgan fingerprint density at radius 3 is 2.68 bits per heavy atom. The van der Waals surface area contributed by atoms with Gasteiger partial charge >= 0.3 is 0 Å². The van der Waals surface area contributed by atoms with E-state index in [-0.39, 0.29) is 0 Å². The van der Waals surface area contributed by atoms with Crippen LogP contribution in [0.4, 0.5) is 0 Å². The minimum absolute atomic E-state index is 0.464.